The van der Waals surface area contributed by atoms with E-state index in [9.17, 15) is 0 Å². The number of hydrogen-bond acceptors (Lipinski definition) is 6. The lowest BCUT2D eigenvalue weighted by atomic mass is 9.96. The molecule has 0 spiro atoms. The molecule has 2 saturated heterocycles. The minimum Gasteiger partial charge on any atom is -0.350 e. The summed E-state index contributed by atoms with van der Waals surface area (Å²) in [7, 11) is 0. The van der Waals surface area contributed by atoms with Gasteiger partial charge in [-0.2, -0.15) is 4.98 Å². The van der Waals surface area contributed by atoms with Crippen LogP contribution in [0.3, 0.4) is 0 Å². The summed E-state index contributed by atoms with van der Waals surface area (Å²) in [6.07, 6.45) is 2.30. The Morgan fingerprint density at radius 3 is 2.67 bits per heavy atom. The molecule has 6 nitrogen and oxygen atoms in total. The molecule has 3 heterocycles. The highest BCUT2D eigenvalue weighted by molar-refractivity contribution is 5.00. The van der Waals surface area contributed by atoms with Crippen molar-refractivity contribution in [2.75, 3.05) is 26.3 Å². The van der Waals surface area contributed by atoms with Crippen LogP contribution in [0.25, 0.3) is 0 Å². The lowest BCUT2D eigenvalue weighted by molar-refractivity contribution is -0.101. The molecule has 2 aliphatic rings. The fourth-order valence-corrected chi connectivity index (χ4v) is 2.92. The summed E-state index contributed by atoms with van der Waals surface area (Å²) in [6, 6.07) is 0. The van der Waals surface area contributed by atoms with Gasteiger partial charge in [-0.1, -0.05) is 25.9 Å². The van der Waals surface area contributed by atoms with Gasteiger partial charge in [0.1, 0.15) is 0 Å². The monoisotopic (exact) mass is 295 g/mol. The number of hydrogen-bond donors (Lipinski definition) is 0. The lowest BCUT2D eigenvalue weighted by Crippen LogP contribution is -2.40. The highest BCUT2D eigenvalue weighted by atomic mass is 16.7. The van der Waals surface area contributed by atoms with E-state index in [1.807, 2.05) is 0 Å². The Balaban J connectivity index is 1.58. The van der Waals surface area contributed by atoms with Crippen LogP contribution in [-0.2, 0) is 21.4 Å². The van der Waals surface area contributed by atoms with Crippen molar-refractivity contribution < 1.29 is 14.0 Å². The van der Waals surface area contributed by atoms with E-state index in [1.165, 1.54) is 0 Å². The molecule has 21 heavy (non-hydrogen) atoms. The van der Waals surface area contributed by atoms with E-state index in [4.69, 9.17) is 14.0 Å². The smallest absolute Gasteiger partial charge is 0.240 e. The Kier molecular flexibility index (Phi) is 4.28. The van der Waals surface area contributed by atoms with Gasteiger partial charge >= 0.3 is 0 Å². The molecule has 2 fully saturated rings. The van der Waals surface area contributed by atoms with Crippen LogP contribution in [0.1, 0.15) is 45.3 Å². The first kappa shape index (κ1) is 14.9. The number of aromatic nitrogens is 2. The number of rotatable bonds is 3. The van der Waals surface area contributed by atoms with Gasteiger partial charge in [-0.3, -0.25) is 4.90 Å². The minimum atomic E-state index is -0.0717. The zero-order chi connectivity index (χ0) is 14.9. The third-order valence-electron chi connectivity index (χ3n) is 4.07. The van der Waals surface area contributed by atoms with Crippen LogP contribution in [0.4, 0.5) is 0 Å². The van der Waals surface area contributed by atoms with Gasteiger partial charge in [-0.25, -0.2) is 0 Å². The van der Waals surface area contributed by atoms with Crippen LogP contribution in [0, 0.1) is 5.92 Å². The van der Waals surface area contributed by atoms with Gasteiger partial charge in [0.05, 0.1) is 19.8 Å². The number of nitrogens with zero attached hydrogens (tertiary/aromatic N) is 3. The average molecular weight is 295 g/mol. The van der Waals surface area contributed by atoms with E-state index in [0.29, 0.717) is 18.4 Å². The molecule has 1 unspecified atom stereocenters. The van der Waals surface area contributed by atoms with Crippen molar-refractivity contribution in [2.45, 2.75) is 51.9 Å². The average Bonchev–Trinajstić information content (AvgIpc) is 3.09. The summed E-state index contributed by atoms with van der Waals surface area (Å²) in [5.74, 6) is 1.92. The van der Waals surface area contributed by atoms with Crippen molar-refractivity contribution in [3.05, 3.63) is 11.7 Å². The Morgan fingerprint density at radius 1 is 1.24 bits per heavy atom. The minimum absolute atomic E-state index is 0.0272. The highest BCUT2D eigenvalue weighted by Crippen LogP contribution is 2.26. The van der Waals surface area contributed by atoms with Gasteiger partial charge < -0.3 is 14.0 Å². The zero-order valence-electron chi connectivity index (χ0n) is 13.2. The largest absolute Gasteiger partial charge is 0.350 e. The van der Waals surface area contributed by atoms with Crippen LogP contribution < -0.4 is 0 Å². The van der Waals surface area contributed by atoms with Gasteiger partial charge in [0.15, 0.2) is 12.1 Å². The molecule has 0 N–H and O–H groups in total. The molecule has 0 radical (unpaired) electrons. The third-order valence-corrected chi connectivity index (χ3v) is 4.07. The van der Waals surface area contributed by atoms with E-state index in [2.05, 4.69) is 35.8 Å². The number of ether oxygens (including phenoxy) is 2. The van der Waals surface area contributed by atoms with E-state index < -0.39 is 0 Å². The van der Waals surface area contributed by atoms with E-state index in [-0.39, 0.29) is 11.7 Å². The lowest BCUT2D eigenvalue weighted by Gasteiger charge is -2.33. The number of likely N-dealkylation sites (tertiary alicyclic amines) is 1. The maximum Gasteiger partial charge on any atom is 0.240 e. The molecule has 1 aromatic rings. The Bertz CT molecular complexity index is 463. The van der Waals surface area contributed by atoms with Gasteiger partial charge in [-0.05, 0) is 19.4 Å². The van der Waals surface area contributed by atoms with Crippen molar-refractivity contribution in [1.29, 1.82) is 0 Å². The van der Waals surface area contributed by atoms with Crippen molar-refractivity contribution in [3.8, 4) is 0 Å². The van der Waals surface area contributed by atoms with Gasteiger partial charge in [0.25, 0.3) is 0 Å². The van der Waals surface area contributed by atoms with Crippen molar-refractivity contribution in [3.63, 3.8) is 0 Å². The summed E-state index contributed by atoms with van der Waals surface area (Å²) in [5, 5.41) is 4.09. The van der Waals surface area contributed by atoms with Crippen molar-refractivity contribution >= 4 is 0 Å². The molecule has 1 atom stereocenters. The normalized spacial score (nSPS) is 25.6. The molecular formula is C15H25N3O3. The SMILES string of the molecule is CC(C)(C)c1noc(CN2CCCC(C3OCCO3)C2)n1. The standard InChI is InChI=1S/C15H25N3O3/c1-15(2,3)14-16-12(21-17-14)10-18-6-4-5-11(9-18)13-19-7-8-20-13/h11,13H,4-10H2,1-3H3. The fourth-order valence-electron chi connectivity index (χ4n) is 2.92. The Labute approximate surface area is 125 Å². The third kappa shape index (κ3) is 3.62. The Hall–Kier alpha value is -0.980. The first-order valence-electron chi connectivity index (χ1n) is 7.81. The van der Waals surface area contributed by atoms with E-state index in [0.717, 1.165) is 45.0 Å². The Morgan fingerprint density at radius 2 is 2.00 bits per heavy atom. The van der Waals surface area contributed by atoms with Crippen molar-refractivity contribution in [2.24, 2.45) is 5.92 Å². The summed E-state index contributed by atoms with van der Waals surface area (Å²) < 4.78 is 16.7. The quantitative estimate of drug-likeness (QED) is 0.849. The summed E-state index contributed by atoms with van der Waals surface area (Å²) in [6.45, 7) is 10.5. The predicted molar refractivity (Wildman–Crippen MR) is 76.7 cm³/mol. The van der Waals surface area contributed by atoms with Crippen LogP contribution in [0.5, 0.6) is 0 Å². The second kappa shape index (κ2) is 6.02. The highest BCUT2D eigenvalue weighted by Gasteiger charge is 2.31. The molecule has 0 aromatic carbocycles. The molecule has 3 rings (SSSR count). The molecule has 0 bridgehead atoms. The predicted octanol–water partition coefficient (Wildman–Crippen LogP) is 1.95. The zero-order valence-corrected chi connectivity index (χ0v) is 13.2. The summed E-state index contributed by atoms with van der Waals surface area (Å²) in [4.78, 5) is 6.88. The summed E-state index contributed by atoms with van der Waals surface area (Å²) in [5.41, 5.74) is -0.0717. The molecule has 2 aliphatic heterocycles. The molecule has 118 valence electrons. The van der Waals surface area contributed by atoms with Crippen molar-refractivity contribution in [1.82, 2.24) is 15.0 Å². The van der Waals surface area contributed by atoms with Crippen LogP contribution in [0.2, 0.25) is 0 Å². The molecule has 0 amide bonds. The van der Waals surface area contributed by atoms with E-state index >= 15 is 0 Å². The molecule has 6 heteroatoms. The molecule has 0 aliphatic carbocycles. The van der Waals surface area contributed by atoms with E-state index in [1.54, 1.807) is 0 Å². The van der Waals surface area contributed by atoms with Crippen LogP contribution >= 0.6 is 0 Å². The maximum absolute atomic E-state index is 5.64. The van der Waals surface area contributed by atoms with Gasteiger partial charge in [0.2, 0.25) is 5.89 Å². The molecule has 1 aromatic heterocycles. The van der Waals surface area contributed by atoms with Crippen LogP contribution in [0.15, 0.2) is 4.52 Å². The first-order chi connectivity index (χ1) is 10.0. The molecule has 0 saturated carbocycles. The topological polar surface area (TPSA) is 60.6 Å². The van der Waals surface area contributed by atoms with Crippen LogP contribution in [-0.4, -0.2) is 47.6 Å². The number of piperidine rings is 1. The maximum atomic E-state index is 5.64. The fraction of sp³-hybridized carbons (Fsp3) is 0.867. The van der Waals surface area contributed by atoms with Gasteiger partial charge in [-0.15, -0.1) is 0 Å². The second-order valence-electron chi connectivity index (χ2n) is 7.01. The second-order valence-corrected chi connectivity index (χ2v) is 7.01. The van der Waals surface area contributed by atoms with Gasteiger partial charge in [0, 0.05) is 17.9 Å². The summed E-state index contributed by atoms with van der Waals surface area (Å²) >= 11 is 0. The molecular weight excluding hydrogens is 270 g/mol. The first-order valence-corrected chi connectivity index (χ1v) is 7.81.